The molecular formula is C25H35N3O2. The fourth-order valence-electron chi connectivity index (χ4n) is 4.86. The second-order valence-corrected chi connectivity index (χ2v) is 10.2. The van der Waals surface area contributed by atoms with Crippen molar-refractivity contribution in [3.05, 3.63) is 47.1 Å². The molecule has 4 rings (SSSR count). The maximum absolute atomic E-state index is 13.3. The third-order valence-corrected chi connectivity index (χ3v) is 6.79. The standard InChI is InChI=1S/C25H35N3O2/c1-5-17-10-12-18(13-11-17)20-14-21(22-26-24(27-30-22)25(2,3)4)16-28(15-20)23(29)19-8-6-7-9-19/h10-13,19-21H,5-9,14-16H2,1-4H3. The van der Waals surface area contributed by atoms with E-state index in [9.17, 15) is 4.79 Å². The van der Waals surface area contributed by atoms with Crippen LogP contribution in [0.2, 0.25) is 0 Å². The van der Waals surface area contributed by atoms with Crippen LogP contribution in [0.5, 0.6) is 0 Å². The van der Waals surface area contributed by atoms with Crippen molar-refractivity contribution in [1.82, 2.24) is 15.0 Å². The lowest BCUT2D eigenvalue weighted by molar-refractivity contribution is -0.137. The SMILES string of the molecule is CCc1ccc(C2CC(c3nc(C(C)(C)C)no3)CN(C(=O)C3CCCC3)C2)cc1. The number of carbonyl (C=O) groups is 1. The Labute approximate surface area is 180 Å². The molecule has 1 aromatic carbocycles. The summed E-state index contributed by atoms with van der Waals surface area (Å²) in [4.78, 5) is 20.1. The van der Waals surface area contributed by atoms with Gasteiger partial charge in [-0.25, -0.2) is 0 Å². The molecule has 1 aliphatic heterocycles. The predicted molar refractivity (Wildman–Crippen MR) is 117 cm³/mol. The first kappa shape index (κ1) is 21.1. The van der Waals surface area contributed by atoms with Crippen LogP contribution in [-0.2, 0) is 16.6 Å². The van der Waals surface area contributed by atoms with Gasteiger partial charge in [-0.1, -0.05) is 70.0 Å². The largest absolute Gasteiger partial charge is 0.341 e. The van der Waals surface area contributed by atoms with E-state index in [4.69, 9.17) is 9.51 Å². The van der Waals surface area contributed by atoms with Gasteiger partial charge in [0.05, 0.1) is 5.92 Å². The molecule has 30 heavy (non-hydrogen) atoms. The predicted octanol–water partition coefficient (Wildman–Crippen LogP) is 5.22. The highest BCUT2D eigenvalue weighted by atomic mass is 16.5. The van der Waals surface area contributed by atoms with Gasteiger partial charge in [0.1, 0.15) is 0 Å². The van der Waals surface area contributed by atoms with Gasteiger partial charge < -0.3 is 9.42 Å². The normalized spacial score (nSPS) is 23.1. The monoisotopic (exact) mass is 409 g/mol. The van der Waals surface area contributed by atoms with Gasteiger partial charge in [0.2, 0.25) is 11.8 Å². The Balaban J connectivity index is 1.60. The minimum Gasteiger partial charge on any atom is -0.341 e. The van der Waals surface area contributed by atoms with Crippen molar-refractivity contribution >= 4 is 5.91 Å². The lowest BCUT2D eigenvalue weighted by atomic mass is 9.83. The van der Waals surface area contributed by atoms with E-state index in [1.54, 1.807) is 0 Å². The molecule has 162 valence electrons. The van der Waals surface area contributed by atoms with E-state index in [1.165, 1.54) is 24.0 Å². The average Bonchev–Trinajstić information content (AvgIpc) is 3.45. The summed E-state index contributed by atoms with van der Waals surface area (Å²) in [6, 6.07) is 8.90. The fourth-order valence-corrected chi connectivity index (χ4v) is 4.86. The van der Waals surface area contributed by atoms with E-state index in [1.807, 2.05) is 0 Å². The van der Waals surface area contributed by atoms with Crippen molar-refractivity contribution in [2.24, 2.45) is 5.92 Å². The van der Waals surface area contributed by atoms with E-state index in [-0.39, 0.29) is 17.3 Å². The van der Waals surface area contributed by atoms with E-state index in [0.29, 0.717) is 24.3 Å². The molecule has 2 heterocycles. The number of amides is 1. The Bertz CT molecular complexity index is 859. The number of hydrogen-bond donors (Lipinski definition) is 0. The molecular weight excluding hydrogens is 374 g/mol. The van der Waals surface area contributed by atoms with Crippen molar-refractivity contribution in [3.63, 3.8) is 0 Å². The number of rotatable bonds is 4. The first-order chi connectivity index (χ1) is 14.3. The molecule has 1 aromatic heterocycles. The number of aryl methyl sites for hydroxylation is 1. The topological polar surface area (TPSA) is 59.2 Å². The molecule has 2 aliphatic rings. The summed E-state index contributed by atoms with van der Waals surface area (Å²) in [5.74, 6) is 2.32. The van der Waals surface area contributed by atoms with E-state index >= 15 is 0 Å². The minimum atomic E-state index is -0.148. The summed E-state index contributed by atoms with van der Waals surface area (Å²) < 4.78 is 5.71. The van der Waals surface area contributed by atoms with Gasteiger partial charge in [0.25, 0.3) is 0 Å². The van der Waals surface area contributed by atoms with Crippen molar-refractivity contribution < 1.29 is 9.32 Å². The van der Waals surface area contributed by atoms with Crippen LogP contribution in [0.3, 0.4) is 0 Å². The van der Waals surface area contributed by atoms with Crippen molar-refractivity contribution in [2.45, 2.75) is 83.5 Å². The van der Waals surface area contributed by atoms with E-state index in [2.05, 4.69) is 62.0 Å². The molecule has 1 amide bonds. The number of carbonyl (C=O) groups excluding carboxylic acids is 1. The quantitative estimate of drug-likeness (QED) is 0.695. The number of benzene rings is 1. The second-order valence-electron chi connectivity index (χ2n) is 10.2. The summed E-state index contributed by atoms with van der Waals surface area (Å²) in [6.45, 7) is 9.93. The molecule has 1 saturated carbocycles. The van der Waals surface area contributed by atoms with Gasteiger partial charge in [-0.2, -0.15) is 4.98 Å². The molecule has 5 nitrogen and oxygen atoms in total. The highest BCUT2D eigenvalue weighted by Gasteiger charge is 2.37. The van der Waals surface area contributed by atoms with Crippen molar-refractivity contribution in [2.75, 3.05) is 13.1 Å². The van der Waals surface area contributed by atoms with Crippen LogP contribution in [-0.4, -0.2) is 34.0 Å². The number of likely N-dealkylation sites (tertiary alicyclic amines) is 1. The van der Waals surface area contributed by atoms with Crippen molar-refractivity contribution in [3.8, 4) is 0 Å². The zero-order valence-electron chi connectivity index (χ0n) is 18.9. The number of aromatic nitrogens is 2. The Hall–Kier alpha value is -2.17. The maximum Gasteiger partial charge on any atom is 0.231 e. The van der Waals surface area contributed by atoms with Crippen LogP contribution < -0.4 is 0 Å². The minimum absolute atomic E-state index is 0.0866. The van der Waals surface area contributed by atoms with Gasteiger partial charge >= 0.3 is 0 Å². The summed E-state index contributed by atoms with van der Waals surface area (Å²) in [7, 11) is 0. The van der Waals surface area contributed by atoms with Gasteiger partial charge in [-0.05, 0) is 36.8 Å². The molecule has 1 aliphatic carbocycles. The molecule has 2 fully saturated rings. The number of hydrogen-bond acceptors (Lipinski definition) is 4. The highest BCUT2D eigenvalue weighted by molar-refractivity contribution is 5.79. The van der Waals surface area contributed by atoms with E-state index < -0.39 is 0 Å². The molecule has 2 aromatic rings. The third-order valence-electron chi connectivity index (χ3n) is 6.79. The highest BCUT2D eigenvalue weighted by Crippen LogP contribution is 2.38. The molecule has 2 atom stereocenters. The molecule has 0 bridgehead atoms. The lowest BCUT2D eigenvalue weighted by Crippen LogP contribution is -2.44. The van der Waals surface area contributed by atoms with Crippen molar-refractivity contribution in [1.29, 1.82) is 0 Å². The van der Waals surface area contributed by atoms with Gasteiger partial charge in [-0.3, -0.25) is 4.79 Å². The summed E-state index contributed by atoms with van der Waals surface area (Å²) in [5.41, 5.74) is 2.50. The summed E-state index contributed by atoms with van der Waals surface area (Å²) in [6.07, 6.45) is 6.39. The first-order valence-corrected chi connectivity index (χ1v) is 11.6. The Morgan fingerprint density at radius 2 is 1.77 bits per heavy atom. The molecule has 0 spiro atoms. The number of piperidine rings is 1. The van der Waals surface area contributed by atoms with Crippen LogP contribution in [0.1, 0.15) is 94.5 Å². The second kappa shape index (κ2) is 8.52. The molecule has 2 unspecified atom stereocenters. The summed E-state index contributed by atoms with van der Waals surface area (Å²) in [5, 5.41) is 4.24. The zero-order chi connectivity index (χ0) is 21.3. The summed E-state index contributed by atoms with van der Waals surface area (Å²) >= 11 is 0. The molecule has 5 heteroatoms. The first-order valence-electron chi connectivity index (χ1n) is 11.6. The van der Waals surface area contributed by atoms with Crippen LogP contribution in [0.4, 0.5) is 0 Å². The van der Waals surface area contributed by atoms with Gasteiger partial charge in [0.15, 0.2) is 5.82 Å². The van der Waals surface area contributed by atoms with Crippen LogP contribution >= 0.6 is 0 Å². The number of nitrogens with zero attached hydrogens (tertiary/aromatic N) is 3. The van der Waals surface area contributed by atoms with Gasteiger partial charge in [-0.15, -0.1) is 0 Å². The maximum atomic E-state index is 13.3. The Morgan fingerprint density at radius 3 is 2.37 bits per heavy atom. The smallest absolute Gasteiger partial charge is 0.231 e. The third kappa shape index (κ3) is 4.45. The molecule has 0 N–H and O–H groups in total. The Morgan fingerprint density at radius 1 is 1.10 bits per heavy atom. The lowest BCUT2D eigenvalue weighted by Gasteiger charge is -2.38. The fraction of sp³-hybridized carbons (Fsp3) is 0.640. The molecule has 0 radical (unpaired) electrons. The Kier molecular flexibility index (Phi) is 5.99. The zero-order valence-corrected chi connectivity index (χ0v) is 18.9. The average molecular weight is 410 g/mol. The molecule has 1 saturated heterocycles. The van der Waals surface area contributed by atoms with Gasteiger partial charge in [0, 0.05) is 30.3 Å². The van der Waals surface area contributed by atoms with Crippen LogP contribution in [0, 0.1) is 5.92 Å². The van der Waals surface area contributed by atoms with Crippen LogP contribution in [0.25, 0.3) is 0 Å². The van der Waals surface area contributed by atoms with Crippen LogP contribution in [0.15, 0.2) is 28.8 Å². The van der Waals surface area contributed by atoms with E-state index in [0.717, 1.165) is 38.1 Å².